The molecule has 0 spiro atoms. The van der Waals surface area contributed by atoms with Crippen molar-refractivity contribution in [3.63, 3.8) is 0 Å². The summed E-state index contributed by atoms with van der Waals surface area (Å²) in [6.07, 6.45) is 3.00. The quantitative estimate of drug-likeness (QED) is 0.739. The molecule has 0 aromatic heterocycles. The maximum Gasteiger partial charge on any atom is 0.234 e. The number of carbonyl (C=O) groups excluding carboxylic acids is 2. The van der Waals surface area contributed by atoms with E-state index in [2.05, 4.69) is 4.90 Å². The Balaban J connectivity index is 1.48. The van der Waals surface area contributed by atoms with Gasteiger partial charge in [0.25, 0.3) is 0 Å². The summed E-state index contributed by atoms with van der Waals surface area (Å²) in [5, 5.41) is 0. The van der Waals surface area contributed by atoms with Crippen LogP contribution >= 0.6 is 0 Å². The number of nitrogens with zero attached hydrogens (tertiary/aromatic N) is 1. The summed E-state index contributed by atoms with van der Waals surface area (Å²) in [7, 11) is 0. The molecule has 3 rings (SSSR count). The predicted molar refractivity (Wildman–Crippen MR) is 100 cm³/mol. The fourth-order valence-electron chi connectivity index (χ4n) is 3.34. The molecule has 5 heteroatoms. The van der Waals surface area contributed by atoms with Crippen LogP contribution in [0.1, 0.15) is 36.0 Å². The number of primary amides is 1. The van der Waals surface area contributed by atoms with Gasteiger partial charge in [0.15, 0.2) is 5.78 Å². The van der Waals surface area contributed by atoms with Gasteiger partial charge < -0.3 is 10.5 Å². The van der Waals surface area contributed by atoms with Crippen LogP contribution < -0.4 is 10.5 Å². The second kappa shape index (κ2) is 8.63. The van der Waals surface area contributed by atoms with E-state index in [0.29, 0.717) is 17.7 Å². The van der Waals surface area contributed by atoms with E-state index in [1.54, 1.807) is 12.1 Å². The molecule has 1 heterocycles. The minimum atomic E-state index is -0.261. The number of nitrogens with two attached hydrogens (primary N) is 1. The molecule has 2 aromatic rings. The second-order valence-corrected chi connectivity index (χ2v) is 6.56. The molecule has 1 unspecified atom stereocenters. The van der Waals surface area contributed by atoms with E-state index < -0.39 is 0 Å². The molecule has 1 aliphatic heterocycles. The molecule has 1 saturated heterocycles. The lowest BCUT2D eigenvalue weighted by Gasteiger charge is -2.21. The number of Topliss-reactive ketones (excluding diaryl/α,β-unsaturated/α-hetero) is 1. The number of benzene rings is 2. The largest absolute Gasteiger partial charge is 0.457 e. The summed E-state index contributed by atoms with van der Waals surface area (Å²) in [6, 6.07) is 16.6. The van der Waals surface area contributed by atoms with E-state index in [9.17, 15) is 9.59 Å². The number of hydrogen-bond acceptors (Lipinski definition) is 4. The zero-order valence-corrected chi connectivity index (χ0v) is 14.8. The van der Waals surface area contributed by atoms with Crippen molar-refractivity contribution in [3.8, 4) is 11.5 Å². The third-order valence-electron chi connectivity index (χ3n) is 4.70. The number of carbonyl (C=O) groups is 2. The van der Waals surface area contributed by atoms with Crippen LogP contribution in [-0.2, 0) is 4.79 Å². The Morgan fingerprint density at radius 1 is 1.04 bits per heavy atom. The summed E-state index contributed by atoms with van der Waals surface area (Å²) in [5.41, 5.74) is 6.10. The lowest BCUT2D eigenvalue weighted by Crippen LogP contribution is -2.40. The summed E-state index contributed by atoms with van der Waals surface area (Å²) >= 11 is 0. The highest BCUT2D eigenvalue weighted by Crippen LogP contribution is 2.22. The number of amides is 1. The number of ketones is 1. The number of ether oxygens (including phenoxy) is 1. The van der Waals surface area contributed by atoms with Crippen LogP contribution in [0.4, 0.5) is 0 Å². The van der Waals surface area contributed by atoms with E-state index in [4.69, 9.17) is 10.5 Å². The second-order valence-electron chi connectivity index (χ2n) is 6.56. The van der Waals surface area contributed by atoms with E-state index in [0.717, 1.165) is 38.1 Å². The van der Waals surface area contributed by atoms with Crippen molar-refractivity contribution in [3.05, 3.63) is 60.2 Å². The van der Waals surface area contributed by atoms with Crippen molar-refractivity contribution in [2.45, 2.75) is 31.7 Å². The molecule has 0 bridgehead atoms. The maximum atomic E-state index is 12.4. The van der Waals surface area contributed by atoms with Crippen molar-refractivity contribution in [1.29, 1.82) is 0 Å². The van der Waals surface area contributed by atoms with Gasteiger partial charge in [-0.2, -0.15) is 0 Å². The van der Waals surface area contributed by atoms with Gasteiger partial charge in [-0.15, -0.1) is 0 Å². The first-order valence-electron chi connectivity index (χ1n) is 9.03. The molecule has 26 heavy (non-hydrogen) atoms. The number of rotatable bonds is 8. The minimum Gasteiger partial charge on any atom is -0.457 e. The van der Waals surface area contributed by atoms with Crippen LogP contribution in [0.3, 0.4) is 0 Å². The fourth-order valence-corrected chi connectivity index (χ4v) is 3.34. The van der Waals surface area contributed by atoms with Crippen LogP contribution in [0, 0.1) is 0 Å². The van der Waals surface area contributed by atoms with Crippen molar-refractivity contribution in [2.24, 2.45) is 5.73 Å². The van der Waals surface area contributed by atoms with Crippen molar-refractivity contribution >= 4 is 11.7 Å². The summed E-state index contributed by atoms with van der Waals surface area (Å²) < 4.78 is 5.73. The highest BCUT2D eigenvalue weighted by molar-refractivity contribution is 5.96. The van der Waals surface area contributed by atoms with Gasteiger partial charge in [-0.05, 0) is 68.8 Å². The summed E-state index contributed by atoms with van der Waals surface area (Å²) in [5.74, 6) is 1.31. The van der Waals surface area contributed by atoms with E-state index in [1.165, 1.54) is 0 Å². The van der Waals surface area contributed by atoms with E-state index >= 15 is 0 Å². The molecule has 0 aliphatic carbocycles. The van der Waals surface area contributed by atoms with Gasteiger partial charge in [0.2, 0.25) is 5.91 Å². The normalized spacial score (nSPS) is 17.2. The average Bonchev–Trinajstić information content (AvgIpc) is 3.12. The molecule has 2 N–H and O–H groups in total. The molecule has 5 nitrogen and oxygen atoms in total. The molecular weight excluding hydrogens is 328 g/mol. The topological polar surface area (TPSA) is 72.6 Å². The summed E-state index contributed by atoms with van der Waals surface area (Å²) in [6.45, 7) is 1.61. The minimum absolute atomic E-state index is 0.103. The molecule has 136 valence electrons. The Hall–Kier alpha value is -2.66. The Morgan fingerprint density at radius 3 is 2.42 bits per heavy atom. The first-order chi connectivity index (χ1) is 12.6. The third-order valence-corrected chi connectivity index (χ3v) is 4.70. The van der Waals surface area contributed by atoms with Crippen molar-refractivity contribution in [1.82, 2.24) is 4.90 Å². The zero-order valence-electron chi connectivity index (χ0n) is 14.8. The Kier molecular flexibility index (Phi) is 6.02. The number of para-hydroxylation sites is 1. The SMILES string of the molecule is NC(=O)C1CCCN1CCCC(=O)c1ccc(Oc2ccccc2)cc1. The van der Waals surface area contributed by atoms with Crippen molar-refractivity contribution < 1.29 is 14.3 Å². The monoisotopic (exact) mass is 352 g/mol. The van der Waals surface area contributed by atoms with Crippen molar-refractivity contribution in [2.75, 3.05) is 13.1 Å². The van der Waals surface area contributed by atoms with Gasteiger partial charge in [-0.1, -0.05) is 18.2 Å². The maximum absolute atomic E-state index is 12.4. The van der Waals surface area contributed by atoms with E-state index in [-0.39, 0.29) is 17.7 Å². The first-order valence-corrected chi connectivity index (χ1v) is 9.03. The molecule has 1 fully saturated rings. The van der Waals surface area contributed by atoms with Gasteiger partial charge in [-0.25, -0.2) is 0 Å². The summed E-state index contributed by atoms with van der Waals surface area (Å²) in [4.78, 5) is 25.8. The lowest BCUT2D eigenvalue weighted by atomic mass is 10.1. The first kappa shape index (κ1) is 18.1. The molecule has 1 atom stereocenters. The number of hydrogen-bond donors (Lipinski definition) is 1. The molecule has 1 amide bonds. The van der Waals surface area contributed by atoms with Crippen LogP contribution in [-0.4, -0.2) is 35.7 Å². The Morgan fingerprint density at radius 2 is 1.73 bits per heavy atom. The van der Waals surface area contributed by atoms with Crippen LogP contribution in [0.25, 0.3) is 0 Å². The Labute approximate surface area is 153 Å². The van der Waals surface area contributed by atoms with Gasteiger partial charge in [-0.3, -0.25) is 14.5 Å². The highest BCUT2D eigenvalue weighted by Gasteiger charge is 2.28. The molecular formula is C21H24N2O3. The standard InChI is InChI=1S/C21H24N2O3/c22-21(25)19-8-4-14-23(19)15-5-9-20(24)16-10-12-18(13-11-16)26-17-6-2-1-3-7-17/h1-3,6-7,10-13,19H,4-5,8-9,14-15H2,(H2,22,25). The highest BCUT2D eigenvalue weighted by atomic mass is 16.5. The molecule has 0 radical (unpaired) electrons. The fraction of sp³-hybridized carbons (Fsp3) is 0.333. The molecule has 0 saturated carbocycles. The van der Waals surface area contributed by atoms with Gasteiger partial charge in [0, 0.05) is 12.0 Å². The lowest BCUT2D eigenvalue weighted by molar-refractivity contribution is -0.122. The van der Waals surface area contributed by atoms with Gasteiger partial charge in [0.05, 0.1) is 6.04 Å². The molecule has 2 aromatic carbocycles. The molecule has 1 aliphatic rings. The Bertz CT molecular complexity index is 744. The van der Waals surface area contributed by atoms with Crippen LogP contribution in [0.2, 0.25) is 0 Å². The third kappa shape index (κ3) is 4.70. The predicted octanol–water partition coefficient (Wildman–Crippen LogP) is 3.39. The van der Waals surface area contributed by atoms with Crippen LogP contribution in [0.15, 0.2) is 54.6 Å². The number of likely N-dealkylation sites (tertiary alicyclic amines) is 1. The zero-order chi connectivity index (χ0) is 18.4. The smallest absolute Gasteiger partial charge is 0.234 e. The van der Waals surface area contributed by atoms with Crippen LogP contribution in [0.5, 0.6) is 11.5 Å². The van der Waals surface area contributed by atoms with Gasteiger partial charge in [0.1, 0.15) is 11.5 Å². The van der Waals surface area contributed by atoms with E-state index in [1.807, 2.05) is 42.5 Å². The average molecular weight is 352 g/mol. The van der Waals surface area contributed by atoms with Gasteiger partial charge >= 0.3 is 0 Å².